The molecule has 1 amide bonds. The Kier molecular flexibility index (Phi) is 6.75. The number of nitrogens with two attached hydrogens (primary N) is 1. The normalized spacial score (nSPS) is 11.4. The lowest BCUT2D eigenvalue weighted by Gasteiger charge is -2.15. The van der Waals surface area contributed by atoms with Gasteiger partial charge in [0.05, 0.1) is 29.2 Å². The van der Waals surface area contributed by atoms with Crippen molar-refractivity contribution in [2.75, 3.05) is 12.4 Å². The van der Waals surface area contributed by atoms with Gasteiger partial charge in [0.1, 0.15) is 5.56 Å². The second-order valence-electron chi connectivity index (χ2n) is 6.68. The minimum absolute atomic E-state index is 0.0148. The van der Waals surface area contributed by atoms with Gasteiger partial charge in [0.2, 0.25) is 15.9 Å². The summed E-state index contributed by atoms with van der Waals surface area (Å²) in [5.41, 5.74) is -1.62. The Labute approximate surface area is 191 Å². The number of hydrogen-bond donors (Lipinski definition) is 2. The number of carbonyl (C=O) groups excluding carboxylic acids is 1. The molecule has 0 aliphatic carbocycles. The van der Waals surface area contributed by atoms with Crippen molar-refractivity contribution in [1.29, 1.82) is 5.26 Å². The van der Waals surface area contributed by atoms with Crippen molar-refractivity contribution < 1.29 is 35.9 Å². The summed E-state index contributed by atoms with van der Waals surface area (Å²) in [5, 5.41) is 16.4. The van der Waals surface area contributed by atoms with E-state index in [0.29, 0.717) is 12.3 Å². The number of nitrogens with one attached hydrogen (secondary N) is 1. The summed E-state index contributed by atoms with van der Waals surface area (Å²) in [6.07, 6.45) is -4.32. The van der Waals surface area contributed by atoms with E-state index in [-0.39, 0.29) is 27.6 Å². The predicted molar refractivity (Wildman–Crippen MR) is 113 cm³/mol. The molecule has 0 aliphatic heterocycles. The lowest BCUT2D eigenvalue weighted by atomic mass is 10.1. The third-order valence-electron chi connectivity index (χ3n) is 4.34. The monoisotopic (exact) mass is 492 g/mol. The van der Waals surface area contributed by atoms with Crippen LogP contribution in [-0.2, 0) is 16.2 Å². The molecule has 3 N–H and O–H groups in total. The number of sulfonamides is 1. The molecule has 176 valence electrons. The van der Waals surface area contributed by atoms with Crippen LogP contribution in [0.25, 0.3) is 0 Å². The molecule has 1 aromatic heterocycles. The first-order chi connectivity index (χ1) is 15.9. The Balaban J connectivity index is 2.03. The van der Waals surface area contributed by atoms with E-state index in [1.54, 1.807) is 0 Å². The van der Waals surface area contributed by atoms with Crippen LogP contribution in [0.2, 0.25) is 0 Å². The van der Waals surface area contributed by atoms with Crippen LogP contribution in [0.15, 0.2) is 59.6 Å². The lowest BCUT2D eigenvalue weighted by Crippen LogP contribution is -2.17. The van der Waals surface area contributed by atoms with Gasteiger partial charge in [0.15, 0.2) is 11.5 Å². The number of pyridine rings is 1. The van der Waals surface area contributed by atoms with Crippen molar-refractivity contribution in [3.63, 3.8) is 0 Å². The number of nitrogens with zero attached hydrogens (tertiary/aromatic N) is 2. The number of aromatic nitrogens is 1. The molecule has 2 aromatic carbocycles. The van der Waals surface area contributed by atoms with Crippen molar-refractivity contribution in [3.05, 3.63) is 71.4 Å². The minimum atomic E-state index is -4.81. The molecule has 0 fully saturated rings. The second-order valence-corrected chi connectivity index (χ2v) is 8.24. The fourth-order valence-corrected chi connectivity index (χ4v) is 3.29. The highest BCUT2D eigenvalue weighted by Gasteiger charge is 2.33. The summed E-state index contributed by atoms with van der Waals surface area (Å²) < 4.78 is 73.5. The number of hydrogen-bond acceptors (Lipinski definition) is 7. The first kappa shape index (κ1) is 24.5. The zero-order valence-electron chi connectivity index (χ0n) is 17.3. The maximum Gasteiger partial charge on any atom is 0.417 e. The molecule has 3 rings (SSSR count). The number of alkyl halides is 3. The fraction of sp³-hybridized carbons (Fsp3) is 0.0952. The fourth-order valence-electron chi connectivity index (χ4n) is 2.73. The molecule has 0 unspecified atom stereocenters. The average molecular weight is 492 g/mol. The summed E-state index contributed by atoms with van der Waals surface area (Å²) >= 11 is 0. The maximum atomic E-state index is 13.3. The number of carbonyl (C=O) groups is 1. The molecule has 0 spiro atoms. The van der Waals surface area contributed by atoms with E-state index < -0.39 is 39.1 Å². The predicted octanol–water partition coefficient (Wildman–Crippen LogP) is 3.67. The summed E-state index contributed by atoms with van der Waals surface area (Å²) in [5.74, 6) is -1.49. The van der Waals surface area contributed by atoms with Gasteiger partial charge in [0, 0.05) is 18.0 Å². The standard InChI is InChI=1S/C21H15F3N4O5S/c1-32-18-7-12(10-25)5-6-17(18)33-20-16(8-13(11-27-20)21(22,23)24)19(29)28-14-3-2-4-15(9-14)34(26,30)31/h2-9,11H,1H3,(H,28,29)(H2,26,30,31). The van der Waals surface area contributed by atoms with Gasteiger partial charge in [-0.1, -0.05) is 6.07 Å². The maximum absolute atomic E-state index is 13.3. The minimum Gasteiger partial charge on any atom is -0.493 e. The smallest absolute Gasteiger partial charge is 0.417 e. The van der Waals surface area contributed by atoms with Gasteiger partial charge in [-0.05, 0) is 36.4 Å². The number of primary sulfonamides is 1. The highest BCUT2D eigenvalue weighted by molar-refractivity contribution is 7.89. The van der Waals surface area contributed by atoms with Crippen molar-refractivity contribution >= 4 is 21.6 Å². The van der Waals surface area contributed by atoms with Gasteiger partial charge in [0.25, 0.3) is 5.91 Å². The Bertz CT molecular complexity index is 1400. The number of benzene rings is 2. The van der Waals surface area contributed by atoms with Crippen LogP contribution >= 0.6 is 0 Å². The van der Waals surface area contributed by atoms with Crippen molar-refractivity contribution in [2.24, 2.45) is 5.14 Å². The first-order valence-corrected chi connectivity index (χ1v) is 10.7. The molecule has 0 saturated heterocycles. The summed E-state index contributed by atoms with van der Waals surface area (Å²) in [7, 11) is -2.80. The Morgan fingerprint density at radius 1 is 1.15 bits per heavy atom. The third kappa shape index (κ3) is 5.61. The van der Waals surface area contributed by atoms with Gasteiger partial charge < -0.3 is 14.8 Å². The van der Waals surface area contributed by atoms with E-state index in [1.165, 1.54) is 43.5 Å². The van der Waals surface area contributed by atoms with Gasteiger partial charge in [-0.3, -0.25) is 4.79 Å². The Morgan fingerprint density at radius 2 is 1.88 bits per heavy atom. The number of methoxy groups -OCH3 is 1. The van der Waals surface area contributed by atoms with E-state index in [1.807, 2.05) is 6.07 Å². The van der Waals surface area contributed by atoms with Crippen LogP contribution < -0.4 is 19.9 Å². The molecule has 34 heavy (non-hydrogen) atoms. The van der Waals surface area contributed by atoms with E-state index in [0.717, 1.165) is 6.07 Å². The van der Waals surface area contributed by atoms with Crippen LogP contribution in [0.5, 0.6) is 17.4 Å². The number of nitriles is 1. The van der Waals surface area contributed by atoms with Crippen LogP contribution in [0.4, 0.5) is 18.9 Å². The van der Waals surface area contributed by atoms with Crippen LogP contribution in [0.1, 0.15) is 21.5 Å². The van der Waals surface area contributed by atoms with E-state index in [9.17, 15) is 26.4 Å². The number of amides is 1. The molecule has 13 heteroatoms. The van der Waals surface area contributed by atoms with E-state index in [2.05, 4.69) is 10.3 Å². The van der Waals surface area contributed by atoms with Gasteiger partial charge in [-0.25, -0.2) is 18.5 Å². The molecule has 9 nitrogen and oxygen atoms in total. The Morgan fingerprint density at radius 3 is 2.50 bits per heavy atom. The molecule has 0 atom stereocenters. The number of rotatable bonds is 6. The van der Waals surface area contributed by atoms with Crippen molar-refractivity contribution in [3.8, 4) is 23.4 Å². The van der Waals surface area contributed by atoms with Gasteiger partial charge >= 0.3 is 6.18 Å². The third-order valence-corrected chi connectivity index (χ3v) is 5.25. The summed E-state index contributed by atoms with van der Waals surface area (Å²) in [6.45, 7) is 0. The van der Waals surface area contributed by atoms with Crippen LogP contribution in [0.3, 0.4) is 0 Å². The van der Waals surface area contributed by atoms with Crippen LogP contribution in [-0.4, -0.2) is 26.4 Å². The van der Waals surface area contributed by atoms with Crippen molar-refractivity contribution in [1.82, 2.24) is 4.98 Å². The van der Waals surface area contributed by atoms with E-state index >= 15 is 0 Å². The van der Waals surface area contributed by atoms with E-state index in [4.69, 9.17) is 19.9 Å². The zero-order chi connectivity index (χ0) is 25.1. The van der Waals surface area contributed by atoms with Gasteiger partial charge in [-0.2, -0.15) is 18.4 Å². The zero-order valence-corrected chi connectivity index (χ0v) is 18.1. The summed E-state index contributed by atoms with van der Waals surface area (Å²) in [4.78, 5) is 16.2. The Hall–Kier alpha value is -4.15. The molecule has 0 saturated carbocycles. The molecule has 1 heterocycles. The number of anilines is 1. The molecule has 0 aliphatic rings. The quantitative estimate of drug-likeness (QED) is 0.534. The topological polar surface area (TPSA) is 144 Å². The second kappa shape index (κ2) is 9.38. The van der Waals surface area contributed by atoms with Crippen molar-refractivity contribution in [2.45, 2.75) is 11.1 Å². The van der Waals surface area contributed by atoms with Crippen LogP contribution in [0, 0.1) is 11.3 Å². The average Bonchev–Trinajstić information content (AvgIpc) is 2.78. The highest BCUT2D eigenvalue weighted by Crippen LogP contribution is 2.36. The first-order valence-electron chi connectivity index (χ1n) is 9.20. The molecule has 3 aromatic rings. The summed E-state index contributed by atoms with van der Waals surface area (Å²) in [6, 6.07) is 11.3. The SMILES string of the molecule is COc1cc(C#N)ccc1Oc1ncc(C(F)(F)F)cc1C(=O)Nc1cccc(S(N)(=O)=O)c1. The molecular weight excluding hydrogens is 477 g/mol. The molecule has 0 bridgehead atoms. The highest BCUT2D eigenvalue weighted by atomic mass is 32.2. The number of halogens is 3. The molecular formula is C21H15F3N4O5S. The molecule has 0 radical (unpaired) electrons. The van der Waals surface area contributed by atoms with Gasteiger partial charge in [-0.15, -0.1) is 0 Å². The number of ether oxygens (including phenoxy) is 2. The lowest BCUT2D eigenvalue weighted by molar-refractivity contribution is -0.137. The largest absolute Gasteiger partial charge is 0.493 e.